The highest BCUT2D eigenvalue weighted by Crippen LogP contribution is 2.06. The second kappa shape index (κ2) is 6.81. The van der Waals surface area contributed by atoms with Gasteiger partial charge in [0.2, 0.25) is 0 Å². The molecule has 0 aliphatic carbocycles. The van der Waals surface area contributed by atoms with Crippen LogP contribution in [0.15, 0.2) is 11.6 Å². The van der Waals surface area contributed by atoms with Crippen LogP contribution in [0.5, 0.6) is 0 Å². The number of aliphatic hydroxyl groups is 1. The molecular weight excluding hydrogens is 124 g/mol. The van der Waals surface area contributed by atoms with Crippen LogP contribution in [0.25, 0.3) is 0 Å². The lowest BCUT2D eigenvalue weighted by molar-refractivity contribution is 0.284. The standard InChI is InChI=1S/C9H18O/c1-3-6-9(2)7-4-5-8-10/h6,10H,3-5,7-8H2,1-2H3/b9-6+. The molecule has 1 N–H and O–H groups in total. The Labute approximate surface area is 63.8 Å². The summed E-state index contributed by atoms with van der Waals surface area (Å²) in [5, 5.41) is 8.49. The van der Waals surface area contributed by atoms with Crippen molar-refractivity contribution >= 4 is 0 Å². The van der Waals surface area contributed by atoms with Crippen LogP contribution in [0.1, 0.15) is 39.5 Å². The number of rotatable bonds is 5. The number of unbranched alkanes of at least 4 members (excludes halogenated alkanes) is 1. The molecule has 0 heterocycles. The van der Waals surface area contributed by atoms with E-state index in [-0.39, 0.29) is 0 Å². The molecule has 0 unspecified atom stereocenters. The predicted octanol–water partition coefficient (Wildman–Crippen LogP) is 2.51. The highest BCUT2D eigenvalue weighted by Gasteiger charge is 1.88. The average molecular weight is 142 g/mol. The van der Waals surface area contributed by atoms with Crippen molar-refractivity contribution in [2.45, 2.75) is 39.5 Å². The summed E-state index contributed by atoms with van der Waals surface area (Å²) < 4.78 is 0. The zero-order valence-corrected chi connectivity index (χ0v) is 7.06. The normalized spacial score (nSPS) is 12.1. The Balaban J connectivity index is 3.21. The van der Waals surface area contributed by atoms with Gasteiger partial charge < -0.3 is 5.11 Å². The molecule has 0 aliphatic rings. The van der Waals surface area contributed by atoms with Gasteiger partial charge in [0.05, 0.1) is 0 Å². The highest BCUT2D eigenvalue weighted by molar-refractivity contribution is 4.96. The third-order valence-electron chi connectivity index (χ3n) is 1.53. The van der Waals surface area contributed by atoms with Crippen LogP contribution in [0.2, 0.25) is 0 Å². The maximum absolute atomic E-state index is 8.49. The molecule has 10 heavy (non-hydrogen) atoms. The van der Waals surface area contributed by atoms with Crippen molar-refractivity contribution in [3.8, 4) is 0 Å². The molecule has 0 aliphatic heterocycles. The molecule has 0 rings (SSSR count). The zero-order chi connectivity index (χ0) is 7.82. The van der Waals surface area contributed by atoms with Gasteiger partial charge in [0, 0.05) is 6.61 Å². The van der Waals surface area contributed by atoms with Gasteiger partial charge >= 0.3 is 0 Å². The van der Waals surface area contributed by atoms with Crippen molar-refractivity contribution in [2.24, 2.45) is 0 Å². The minimum Gasteiger partial charge on any atom is -0.396 e. The number of aliphatic hydroxyl groups excluding tert-OH is 1. The minimum atomic E-state index is 0.333. The SMILES string of the molecule is CC/C=C(\C)CCCCO. The molecule has 0 bridgehead atoms. The van der Waals surface area contributed by atoms with Crippen LogP contribution < -0.4 is 0 Å². The van der Waals surface area contributed by atoms with Crippen molar-refractivity contribution < 1.29 is 5.11 Å². The van der Waals surface area contributed by atoms with Crippen LogP contribution in [0, 0.1) is 0 Å². The minimum absolute atomic E-state index is 0.333. The van der Waals surface area contributed by atoms with Gasteiger partial charge in [-0.25, -0.2) is 0 Å². The maximum Gasteiger partial charge on any atom is 0.0431 e. The summed E-state index contributed by atoms with van der Waals surface area (Å²) in [6.45, 7) is 4.63. The Bertz CT molecular complexity index is 94.9. The molecule has 1 nitrogen and oxygen atoms in total. The average Bonchev–Trinajstić information content (AvgIpc) is 1.89. The molecule has 0 radical (unpaired) electrons. The van der Waals surface area contributed by atoms with Gasteiger partial charge in [-0.15, -0.1) is 0 Å². The van der Waals surface area contributed by atoms with Crippen LogP contribution in [-0.4, -0.2) is 11.7 Å². The van der Waals surface area contributed by atoms with Crippen molar-refractivity contribution in [1.82, 2.24) is 0 Å². The topological polar surface area (TPSA) is 20.2 Å². The predicted molar refractivity (Wildman–Crippen MR) is 45.0 cm³/mol. The third kappa shape index (κ3) is 5.83. The van der Waals surface area contributed by atoms with Crippen molar-refractivity contribution in [3.05, 3.63) is 11.6 Å². The Hall–Kier alpha value is -0.300. The quantitative estimate of drug-likeness (QED) is 0.462. The van der Waals surface area contributed by atoms with Gasteiger partial charge in [0.15, 0.2) is 0 Å². The summed E-state index contributed by atoms with van der Waals surface area (Å²) in [6.07, 6.45) is 6.59. The van der Waals surface area contributed by atoms with Crippen molar-refractivity contribution in [3.63, 3.8) is 0 Å². The van der Waals surface area contributed by atoms with E-state index >= 15 is 0 Å². The lowest BCUT2D eigenvalue weighted by Crippen LogP contribution is -1.83. The molecule has 1 heteroatoms. The Kier molecular flexibility index (Phi) is 6.61. The molecule has 0 atom stereocenters. The molecule has 0 amide bonds. The summed E-state index contributed by atoms with van der Waals surface area (Å²) in [4.78, 5) is 0. The number of hydrogen-bond donors (Lipinski definition) is 1. The molecule has 0 saturated carbocycles. The van der Waals surface area contributed by atoms with E-state index < -0.39 is 0 Å². The van der Waals surface area contributed by atoms with Gasteiger partial charge in [-0.1, -0.05) is 18.6 Å². The van der Waals surface area contributed by atoms with Gasteiger partial charge in [0.1, 0.15) is 0 Å². The summed E-state index contributed by atoms with van der Waals surface area (Å²) >= 11 is 0. The van der Waals surface area contributed by atoms with Crippen LogP contribution >= 0.6 is 0 Å². The van der Waals surface area contributed by atoms with E-state index in [2.05, 4.69) is 19.9 Å². The second-order valence-corrected chi connectivity index (χ2v) is 2.64. The summed E-state index contributed by atoms with van der Waals surface area (Å²) in [6, 6.07) is 0. The van der Waals surface area contributed by atoms with E-state index in [4.69, 9.17) is 5.11 Å². The lowest BCUT2D eigenvalue weighted by Gasteiger charge is -1.97. The molecule has 0 saturated heterocycles. The van der Waals surface area contributed by atoms with E-state index in [1.54, 1.807) is 0 Å². The second-order valence-electron chi connectivity index (χ2n) is 2.64. The van der Waals surface area contributed by atoms with Crippen LogP contribution in [-0.2, 0) is 0 Å². The molecule has 60 valence electrons. The van der Waals surface area contributed by atoms with E-state index in [9.17, 15) is 0 Å². The van der Waals surface area contributed by atoms with Crippen molar-refractivity contribution in [1.29, 1.82) is 0 Å². The fourth-order valence-electron chi connectivity index (χ4n) is 0.966. The smallest absolute Gasteiger partial charge is 0.0431 e. The van der Waals surface area contributed by atoms with E-state index in [0.717, 1.165) is 25.7 Å². The van der Waals surface area contributed by atoms with Crippen LogP contribution in [0.4, 0.5) is 0 Å². The first-order valence-corrected chi connectivity index (χ1v) is 4.07. The summed E-state index contributed by atoms with van der Waals surface area (Å²) in [7, 11) is 0. The first-order valence-electron chi connectivity index (χ1n) is 4.07. The molecule has 0 aromatic carbocycles. The summed E-state index contributed by atoms with van der Waals surface area (Å²) in [5.41, 5.74) is 1.45. The van der Waals surface area contributed by atoms with Gasteiger partial charge in [-0.3, -0.25) is 0 Å². The number of allylic oxidation sites excluding steroid dienone is 2. The van der Waals surface area contributed by atoms with E-state index in [1.165, 1.54) is 5.57 Å². The first-order chi connectivity index (χ1) is 4.81. The maximum atomic E-state index is 8.49. The van der Waals surface area contributed by atoms with Gasteiger partial charge in [-0.2, -0.15) is 0 Å². The third-order valence-corrected chi connectivity index (χ3v) is 1.53. The zero-order valence-electron chi connectivity index (χ0n) is 7.06. The van der Waals surface area contributed by atoms with Gasteiger partial charge in [-0.05, 0) is 32.6 Å². The van der Waals surface area contributed by atoms with E-state index in [1.807, 2.05) is 0 Å². The Morgan fingerprint density at radius 2 is 2.10 bits per heavy atom. The van der Waals surface area contributed by atoms with Crippen LogP contribution in [0.3, 0.4) is 0 Å². The van der Waals surface area contributed by atoms with Gasteiger partial charge in [0.25, 0.3) is 0 Å². The Morgan fingerprint density at radius 1 is 1.40 bits per heavy atom. The number of hydrogen-bond acceptors (Lipinski definition) is 1. The largest absolute Gasteiger partial charge is 0.396 e. The molecule has 0 aromatic rings. The Morgan fingerprint density at radius 3 is 2.60 bits per heavy atom. The van der Waals surface area contributed by atoms with Crippen molar-refractivity contribution in [2.75, 3.05) is 6.61 Å². The highest BCUT2D eigenvalue weighted by atomic mass is 16.2. The summed E-state index contributed by atoms with van der Waals surface area (Å²) in [5.74, 6) is 0. The fourth-order valence-corrected chi connectivity index (χ4v) is 0.966. The van der Waals surface area contributed by atoms with E-state index in [0.29, 0.717) is 6.61 Å². The molecule has 0 spiro atoms. The fraction of sp³-hybridized carbons (Fsp3) is 0.778. The molecule has 0 fully saturated rings. The monoisotopic (exact) mass is 142 g/mol. The first kappa shape index (κ1) is 9.70. The molecule has 0 aromatic heterocycles. The lowest BCUT2D eigenvalue weighted by atomic mass is 10.1. The molecular formula is C9H18O.